The zero-order valence-corrected chi connectivity index (χ0v) is 14.1. The first kappa shape index (κ1) is 15.7. The summed E-state index contributed by atoms with van der Waals surface area (Å²) >= 11 is 0. The predicted octanol–water partition coefficient (Wildman–Crippen LogP) is 0.137. The van der Waals surface area contributed by atoms with Crippen LogP contribution in [0.5, 0.6) is 0 Å². The predicted molar refractivity (Wildman–Crippen MR) is 90.0 cm³/mol. The molecule has 8 heteroatoms. The minimum atomic E-state index is -0.720. The summed E-state index contributed by atoms with van der Waals surface area (Å²) in [6, 6.07) is 3.40. The Labute approximate surface area is 149 Å². The van der Waals surface area contributed by atoms with Crippen molar-refractivity contribution in [2.75, 3.05) is 18.0 Å². The molecule has 3 fully saturated rings. The lowest BCUT2D eigenvalue weighted by Gasteiger charge is -2.30. The third-order valence-corrected chi connectivity index (χ3v) is 5.95. The van der Waals surface area contributed by atoms with Gasteiger partial charge in [-0.2, -0.15) is 0 Å². The van der Waals surface area contributed by atoms with Crippen LogP contribution in [0, 0.1) is 5.82 Å². The van der Waals surface area contributed by atoms with Crippen molar-refractivity contribution in [1.82, 2.24) is 15.5 Å². The lowest BCUT2D eigenvalue weighted by atomic mass is 10.0. The number of hydrogen-bond donors (Lipinski definition) is 2. The van der Waals surface area contributed by atoms with Crippen LogP contribution in [-0.4, -0.2) is 53.8 Å². The molecule has 0 saturated carbocycles. The van der Waals surface area contributed by atoms with Crippen LogP contribution in [0.4, 0.5) is 10.1 Å². The van der Waals surface area contributed by atoms with Gasteiger partial charge in [-0.25, -0.2) is 4.39 Å². The molecule has 4 aliphatic heterocycles. The van der Waals surface area contributed by atoms with Crippen LogP contribution in [0.1, 0.15) is 35.2 Å². The Bertz CT molecular complexity index is 842. The average molecular weight is 358 g/mol. The summed E-state index contributed by atoms with van der Waals surface area (Å²) in [5, 5.41) is 5.68. The van der Waals surface area contributed by atoms with E-state index in [9.17, 15) is 18.8 Å². The Balaban J connectivity index is 1.44. The van der Waals surface area contributed by atoms with Crippen molar-refractivity contribution >= 4 is 23.4 Å². The third kappa shape index (κ3) is 2.25. The molecule has 5 rings (SSSR count). The molecule has 7 nitrogen and oxygen atoms in total. The molecule has 0 aromatic heterocycles. The standard InChI is InChI=1S/C18H19FN4O3/c19-13-5-11(22-8-10-4-12(22)6-20-10)3-9-7-23(18(26)16(9)13)14-1-2-15(24)21-17(14)25/h3,5,10,12,14,20H,1-2,4,6-8H2,(H,21,24,25). The van der Waals surface area contributed by atoms with Gasteiger partial charge in [0.25, 0.3) is 5.91 Å². The lowest BCUT2D eigenvalue weighted by molar-refractivity contribution is -0.136. The molecule has 3 atom stereocenters. The first-order valence-corrected chi connectivity index (χ1v) is 8.98. The number of piperazine rings is 1. The van der Waals surface area contributed by atoms with Crippen molar-refractivity contribution in [3.05, 3.63) is 29.1 Å². The number of fused-ring (bicyclic) bond motifs is 3. The van der Waals surface area contributed by atoms with Gasteiger partial charge in [0.1, 0.15) is 11.9 Å². The number of anilines is 1. The van der Waals surface area contributed by atoms with Crippen LogP contribution < -0.4 is 15.5 Å². The van der Waals surface area contributed by atoms with Gasteiger partial charge in [0.05, 0.1) is 5.56 Å². The summed E-state index contributed by atoms with van der Waals surface area (Å²) in [7, 11) is 0. The van der Waals surface area contributed by atoms with Crippen LogP contribution in [0.25, 0.3) is 0 Å². The fourth-order valence-corrected chi connectivity index (χ4v) is 4.68. The quantitative estimate of drug-likeness (QED) is 0.735. The van der Waals surface area contributed by atoms with Crippen LogP contribution in [0.3, 0.4) is 0 Å². The van der Waals surface area contributed by atoms with Gasteiger partial charge in [-0.1, -0.05) is 0 Å². The SMILES string of the molecule is O=C1CCC(N2Cc3cc(N4CC5CC4CN5)cc(F)c3C2=O)C(=O)N1. The molecule has 4 heterocycles. The number of hydrogen-bond acceptors (Lipinski definition) is 5. The fourth-order valence-electron chi connectivity index (χ4n) is 4.68. The van der Waals surface area contributed by atoms with E-state index < -0.39 is 23.7 Å². The molecular formula is C18H19FN4O3. The molecule has 2 N–H and O–H groups in total. The molecule has 0 aliphatic carbocycles. The van der Waals surface area contributed by atoms with E-state index in [-0.39, 0.29) is 30.9 Å². The van der Waals surface area contributed by atoms with E-state index in [1.165, 1.54) is 11.0 Å². The Hall–Kier alpha value is -2.48. The molecule has 0 radical (unpaired) electrons. The summed E-state index contributed by atoms with van der Waals surface area (Å²) in [4.78, 5) is 39.7. The Morgan fingerprint density at radius 2 is 2.00 bits per heavy atom. The molecule has 2 bridgehead atoms. The van der Waals surface area contributed by atoms with Gasteiger partial charge in [-0.15, -0.1) is 0 Å². The molecule has 26 heavy (non-hydrogen) atoms. The lowest BCUT2D eigenvalue weighted by Crippen LogP contribution is -2.52. The highest BCUT2D eigenvalue weighted by Crippen LogP contribution is 2.36. The average Bonchev–Trinajstić information content (AvgIpc) is 3.29. The highest BCUT2D eigenvalue weighted by atomic mass is 19.1. The second kappa shape index (κ2) is 5.51. The Morgan fingerprint density at radius 3 is 2.69 bits per heavy atom. The molecule has 136 valence electrons. The second-order valence-corrected chi connectivity index (χ2v) is 7.51. The van der Waals surface area contributed by atoms with Gasteiger partial charge in [0.15, 0.2) is 0 Å². The topological polar surface area (TPSA) is 81.8 Å². The molecule has 1 aromatic rings. The van der Waals surface area contributed by atoms with Crippen molar-refractivity contribution in [1.29, 1.82) is 0 Å². The summed E-state index contributed by atoms with van der Waals surface area (Å²) in [5.41, 5.74) is 1.47. The van der Waals surface area contributed by atoms with Crippen molar-refractivity contribution in [3.8, 4) is 0 Å². The molecule has 3 unspecified atom stereocenters. The molecule has 0 spiro atoms. The van der Waals surface area contributed by atoms with Crippen molar-refractivity contribution in [3.63, 3.8) is 0 Å². The van der Waals surface area contributed by atoms with Crippen LogP contribution >= 0.6 is 0 Å². The summed E-state index contributed by atoms with van der Waals surface area (Å²) in [6.45, 7) is 1.93. The number of imide groups is 1. The van der Waals surface area contributed by atoms with Crippen LogP contribution in [-0.2, 0) is 16.1 Å². The van der Waals surface area contributed by atoms with Gasteiger partial charge in [0, 0.05) is 43.8 Å². The molecule has 1 aromatic carbocycles. The maximum Gasteiger partial charge on any atom is 0.258 e. The van der Waals surface area contributed by atoms with Crippen LogP contribution in [0.2, 0.25) is 0 Å². The number of nitrogens with one attached hydrogen (secondary N) is 2. The summed E-state index contributed by atoms with van der Waals surface area (Å²) in [5.74, 6) is -1.82. The summed E-state index contributed by atoms with van der Waals surface area (Å²) < 4.78 is 14.8. The van der Waals surface area contributed by atoms with Gasteiger partial charge < -0.3 is 15.1 Å². The van der Waals surface area contributed by atoms with E-state index in [0.717, 1.165) is 25.2 Å². The van der Waals surface area contributed by atoms with E-state index in [1.54, 1.807) is 0 Å². The number of carbonyl (C=O) groups is 3. The minimum Gasteiger partial charge on any atom is -0.366 e. The van der Waals surface area contributed by atoms with Crippen molar-refractivity contribution in [2.24, 2.45) is 0 Å². The molecular weight excluding hydrogens is 339 g/mol. The van der Waals surface area contributed by atoms with Gasteiger partial charge in [0.2, 0.25) is 11.8 Å². The largest absolute Gasteiger partial charge is 0.366 e. The maximum atomic E-state index is 14.8. The van der Waals surface area contributed by atoms with E-state index in [4.69, 9.17) is 0 Å². The number of benzene rings is 1. The number of rotatable bonds is 2. The van der Waals surface area contributed by atoms with Crippen LogP contribution in [0.15, 0.2) is 12.1 Å². The smallest absolute Gasteiger partial charge is 0.258 e. The Kier molecular flexibility index (Phi) is 3.34. The van der Waals surface area contributed by atoms with E-state index in [2.05, 4.69) is 15.5 Å². The highest BCUT2D eigenvalue weighted by molar-refractivity contribution is 6.05. The monoisotopic (exact) mass is 358 g/mol. The van der Waals surface area contributed by atoms with Crippen molar-refractivity contribution in [2.45, 2.75) is 43.9 Å². The molecule has 3 saturated heterocycles. The van der Waals surface area contributed by atoms with Gasteiger partial charge in [-0.05, 0) is 30.5 Å². The zero-order chi connectivity index (χ0) is 18.0. The molecule has 4 aliphatic rings. The number of piperidine rings is 1. The van der Waals surface area contributed by atoms with Gasteiger partial charge >= 0.3 is 0 Å². The third-order valence-electron chi connectivity index (χ3n) is 5.95. The second-order valence-electron chi connectivity index (χ2n) is 7.51. The number of amides is 3. The van der Waals surface area contributed by atoms with E-state index >= 15 is 0 Å². The number of nitrogens with zero attached hydrogens (tertiary/aromatic N) is 2. The van der Waals surface area contributed by atoms with Gasteiger partial charge in [-0.3, -0.25) is 19.7 Å². The fraction of sp³-hybridized carbons (Fsp3) is 0.500. The number of carbonyl (C=O) groups excluding carboxylic acids is 3. The first-order chi connectivity index (χ1) is 12.5. The number of halogens is 1. The minimum absolute atomic E-state index is 0.0564. The maximum absolute atomic E-state index is 14.8. The highest BCUT2D eigenvalue weighted by Gasteiger charge is 2.42. The molecule has 3 amide bonds. The van der Waals surface area contributed by atoms with E-state index in [1.807, 2.05) is 6.07 Å². The Morgan fingerprint density at radius 1 is 1.15 bits per heavy atom. The first-order valence-electron chi connectivity index (χ1n) is 8.98. The zero-order valence-electron chi connectivity index (χ0n) is 14.1. The van der Waals surface area contributed by atoms with E-state index in [0.29, 0.717) is 17.6 Å². The van der Waals surface area contributed by atoms with Crippen molar-refractivity contribution < 1.29 is 18.8 Å². The normalized spacial score (nSPS) is 30.2. The summed E-state index contributed by atoms with van der Waals surface area (Å²) in [6.07, 6.45) is 1.52.